The number of aryl methyl sites for hydroxylation is 1. The number of rotatable bonds is 7. The van der Waals surface area contributed by atoms with Gasteiger partial charge in [-0.2, -0.15) is 0 Å². The van der Waals surface area contributed by atoms with E-state index < -0.39 is 0 Å². The lowest BCUT2D eigenvalue weighted by Gasteiger charge is -2.08. The van der Waals surface area contributed by atoms with Gasteiger partial charge >= 0.3 is 0 Å². The smallest absolute Gasteiger partial charge is 0.274 e. The van der Waals surface area contributed by atoms with Gasteiger partial charge in [-0.1, -0.05) is 48.0 Å². The van der Waals surface area contributed by atoms with Crippen molar-refractivity contribution in [3.63, 3.8) is 0 Å². The minimum atomic E-state index is -0.304. The number of halogens is 1. The number of nitrogens with zero attached hydrogens (tertiary/aromatic N) is 2. The molecule has 1 heterocycles. The zero-order chi connectivity index (χ0) is 18.2. The number of amides is 1. The Labute approximate surface area is 157 Å². The predicted molar refractivity (Wildman–Crippen MR) is 105 cm³/mol. The molecule has 3 aromatic rings. The average Bonchev–Trinajstić information content (AvgIpc) is 2.66. The third-order valence-electron chi connectivity index (χ3n) is 3.77. The highest BCUT2D eigenvalue weighted by Crippen LogP contribution is 2.16. The summed E-state index contributed by atoms with van der Waals surface area (Å²) in [5, 5.41) is 6.57. The molecule has 2 N–H and O–H groups in total. The Morgan fingerprint density at radius 2 is 1.85 bits per heavy atom. The van der Waals surface area contributed by atoms with E-state index >= 15 is 0 Å². The van der Waals surface area contributed by atoms with Gasteiger partial charge in [-0.15, -0.1) is 0 Å². The molecule has 0 fully saturated rings. The Morgan fingerprint density at radius 1 is 1.00 bits per heavy atom. The zero-order valence-electron chi connectivity index (χ0n) is 14.2. The predicted octanol–water partition coefficient (Wildman–Crippen LogP) is 4.43. The molecule has 0 spiro atoms. The van der Waals surface area contributed by atoms with Crippen molar-refractivity contribution in [2.45, 2.75) is 12.8 Å². The summed E-state index contributed by atoms with van der Waals surface area (Å²) in [5.74, 6) is 0.325. The zero-order valence-corrected chi connectivity index (χ0v) is 14.9. The number of benzene rings is 2. The fourth-order valence-electron chi connectivity index (χ4n) is 2.49. The van der Waals surface area contributed by atoms with Crippen LogP contribution >= 0.6 is 11.6 Å². The second kappa shape index (κ2) is 8.97. The van der Waals surface area contributed by atoms with Crippen LogP contribution in [0, 0.1) is 0 Å². The molecule has 5 nitrogen and oxygen atoms in total. The van der Waals surface area contributed by atoms with Crippen LogP contribution in [0.1, 0.15) is 22.5 Å². The summed E-state index contributed by atoms with van der Waals surface area (Å²) in [4.78, 5) is 20.5. The van der Waals surface area contributed by atoms with Gasteiger partial charge in [0.15, 0.2) is 0 Å². The van der Waals surface area contributed by atoms with Gasteiger partial charge in [0, 0.05) is 23.3 Å². The number of nitrogens with one attached hydrogen (secondary N) is 2. The SMILES string of the molecule is O=C(Nc1cccc(Cl)c1)c1cc(NCCCc2ccccc2)ncn1. The molecule has 26 heavy (non-hydrogen) atoms. The molecule has 0 aliphatic heterocycles. The van der Waals surface area contributed by atoms with Crippen LogP contribution < -0.4 is 10.6 Å². The summed E-state index contributed by atoms with van der Waals surface area (Å²) in [5.41, 5.74) is 2.22. The first kappa shape index (κ1) is 17.9. The molecule has 0 aliphatic rings. The lowest BCUT2D eigenvalue weighted by molar-refractivity contribution is 0.102. The maximum atomic E-state index is 12.3. The van der Waals surface area contributed by atoms with E-state index in [1.807, 2.05) is 18.2 Å². The van der Waals surface area contributed by atoms with Crippen LogP contribution in [-0.4, -0.2) is 22.4 Å². The van der Waals surface area contributed by atoms with E-state index in [1.165, 1.54) is 11.9 Å². The van der Waals surface area contributed by atoms with E-state index in [0.717, 1.165) is 19.4 Å². The Kier molecular flexibility index (Phi) is 6.17. The standard InChI is InChI=1S/C20H19ClN4O/c21-16-9-4-10-17(12-16)25-20(26)18-13-19(24-14-23-18)22-11-5-8-15-6-2-1-3-7-15/h1-4,6-7,9-10,12-14H,5,8,11H2,(H,25,26)(H,22,23,24). The van der Waals surface area contributed by atoms with E-state index in [2.05, 4.69) is 32.7 Å². The topological polar surface area (TPSA) is 66.9 Å². The van der Waals surface area contributed by atoms with Crippen LogP contribution in [0.25, 0.3) is 0 Å². The highest BCUT2D eigenvalue weighted by atomic mass is 35.5. The van der Waals surface area contributed by atoms with Crippen molar-refractivity contribution in [3.05, 3.63) is 83.3 Å². The third-order valence-corrected chi connectivity index (χ3v) is 4.01. The second-order valence-electron chi connectivity index (χ2n) is 5.77. The van der Waals surface area contributed by atoms with Crippen LogP contribution in [0.15, 0.2) is 67.0 Å². The van der Waals surface area contributed by atoms with Crippen molar-refractivity contribution in [1.29, 1.82) is 0 Å². The average molecular weight is 367 g/mol. The normalized spacial score (nSPS) is 10.3. The molecular weight excluding hydrogens is 348 g/mol. The van der Waals surface area contributed by atoms with Gasteiger partial charge in [0.2, 0.25) is 0 Å². The van der Waals surface area contributed by atoms with E-state index in [-0.39, 0.29) is 5.91 Å². The van der Waals surface area contributed by atoms with Crippen LogP contribution in [0.2, 0.25) is 5.02 Å². The van der Waals surface area contributed by atoms with Crippen LogP contribution in [0.4, 0.5) is 11.5 Å². The molecule has 0 radical (unpaired) electrons. The Bertz CT molecular complexity index is 870. The van der Waals surface area contributed by atoms with Crippen molar-refractivity contribution >= 4 is 29.0 Å². The Morgan fingerprint density at radius 3 is 2.65 bits per heavy atom. The minimum Gasteiger partial charge on any atom is -0.370 e. The monoisotopic (exact) mass is 366 g/mol. The largest absolute Gasteiger partial charge is 0.370 e. The molecule has 3 rings (SSSR count). The third kappa shape index (κ3) is 5.29. The molecule has 6 heteroatoms. The number of hydrogen-bond donors (Lipinski definition) is 2. The summed E-state index contributed by atoms with van der Waals surface area (Å²) < 4.78 is 0. The van der Waals surface area contributed by atoms with Crippen LogP contribution in [0.5, 0.6) is 0 Å². The van der Waals surface area contributed by atoms with Gasteiger partial charge in [-0.05, 0) is 36.6 Å². The highest BCUT2D eigenvalue weighted by Gasteiger charge is 2.09. The molecule has 1 aromatic heterocycles. The number of aromatic nitrogens is 2. The van der Waals surface area contributed by atoms with Crippen molar-refractivity contribution < 1.29 is 4.79 Å². The van der Waals surface area contributed by atoms with Gasteiger partial charge in [-0.3, -0.25) is 4.79 Å². The lowest BCUT2D eigenvalue weighted by Crippen LogP contribution is -2.15. The number of carbonyl (C=O) groups is 1. The maximum Gasteiger partial charge on any atom is 0.274 e. The molecule has 1 amide bonds. The summed E-state index contributed by atoms with van der Waals surface area (Å²) in [6, 6.07) is 18.9. The molecule has 0 saturated carbocycles. The Hall–Kier alpha value is -2.92. The molecule has 0 atom stereocenters. The van der Waals surface area contributed by atoms with Crippen molar-refractivity contribution in [2.24, 2.45) is 0 Å². The molecular formula is C20H19ClN4O. The maximum absolute atomic E-state index is 12.3. The summed E-state index contributed by atoms with van der Waals surface area (Å²) in [7, 11) is 0. The van der Waals surface area contributed by atoms with Crippen LogP contribution in [-0.2, 0) is 6.42 Å². The first-order valence-electron chi connectivity index (χ1n) is 8.37. The van der Waals surface area contributed by atoms with Crippen molar-refractivity contribution in [2.75, 3.05) is 17.2 Å². The molecule has 132 valence electrons. The van der Waals surface area contributed by atoms with Gasteiger partial charge in [0.25, 0.3) is 5.91 Å². The fraction of sp³-hybridized carbons (Fsp3) is 0.150. The van der Waals surface area contributed by atoms with Crippen molar-refractivity contribution in [3.8, 4) is 0 Å². The molecule has 0 aliphatic carbocycles. The molecule has 0 unspecified atom stereocenters. The van der Waals surface area contributed by atoms with E-state index in [9.17, 15) is 4.79 Å². The minimum absolute atomic E-state index is 0.297. The first-order valence-corrected chi connectivity index (χ1v) is 8.75. The van der Waals surface area contributed by atoms with E-state index in [0.29, 0.717) is 22.2 Å². The van der Waals surface area contributed by atoms with E-state index in [1.54, 1.807) is 30.3 Å². The van der Waals surface area contributed by atoms with Gasteiger partial charge in [0.1, 0.15) is 17.8 Å². The number of hydrogen-bond acceptors (Lipinski definition) is 4. The quantitative estimate of drug-likeness (QED) is 0.607. The second-order valence-corrected chi connectivity index (χ2v) is 6.21. The molecule has 0 bridgehead atoms. The molecule has 2 aromatic carbocycles. The van der Waals surface area contributed by atoms with E-state index in [4.69, 9.17) is 11.6 Å². The molecule has 0 saturated heterocycles. The van der Waals surface area contributed by atoms with Gasteiger partial charge in [0.05, 0.1) is 0 Å². The lowest BCUT2D eigenvalue weighted by atomic mass is 10.1. The Balaban J connectivity index is 1.53. The van der Waals surface area contributed by atoms with Gasteiger partial charge < -0.3 is 10.6 Å². The summed E-state index contributed by atoms with van der Waals surface area (Å²) in [6.45, 7) is 0.765. The van der Waals surface area contributed by atoms with Crippen LogP contribution in [0.3, 0.4) is 0 Å². The summed E-state index contributed by atoms with van der Waals surface area (Å²) >= 11 is 5.93. The number of carbonyl (C=O) groups excluding carboxylic acids is 1. The first-order chi connectivity index (χ1) is 12.7. The number of anilines is 2. The van der Waals surface area contributed by atoms with Crippen molar-refractivity contribution in [1.82, 2.24) is 9.97 Å². The fourth-order valence-corrected chi connectivity index (χ4v) is 2.68. The highest BCUT2D eigenvalue weighted by molar-refractivity contribution is 6.30. The summed E-state index contributed by atoms with van der Waals surface area (Å²) in [6.07, 6.45) is 3.34. The van der Waals surface area contributed by atoms with Gasteiger partial charge in [-0.25, -0.2) is 9.97 Å².